The molecule has 33 heavy (non-hydrogen) atoms. The van der Waals surface area contributed by atoms with Crippen molar-refractivity contribution in [2.45, 2.75) is 6.54 Å². The second-order valence-corrected chi connectivity index (χ2v) is 7.26. The molecule has 2 amide bonds. The standard InChI is InChI=1S/C24H19F2N5O2/c1-31-14-20(22(30-31)19-6-5-17(25)12-21(19)26)24(33)28-13-15-3-2-4-18(11-15)29-23(32)16-7-9-27-10-8-16/h2-12,14H,13H2,1H3,(H,28,33)(H,29,32). The molecule has 0 radical (unpaired) electrons. The normalized spacial score (nSPS) is 10.6. The van der Waals surface area contributed by atoms with E-state index in [1.165, 1.54) is 29.3 Å². The molecule has 0 atom stereocenters. The van der Waals surface area contributed by atoms with E-state index in [-0.39, 0.29) is 29.3 Å². The van der Waals surface area contributed by atoms with Crippen LogP contribution in [0.2, 0.25) is 0 Å². The molecule has 0 saturated carbocycles. The Morgan fingerprint density at radius 1 is 1.00 bits per heavy atom. The maximum atomic E-state index is 14.3. The van der Waals surface area contributed by atoms with Gasteiger partial charge in [0.2, 0.25) is 0 Å². The highest BCUT2D eigenvalue weighted by Crippen LogP contribution is 2.25. The molecule has 2 aromatic carbocycles. The number of aryl methyl sites for hydroxylation is 1. The van der Waals surface area contributed by atoms with Crippen LogP contribution >= 0.6 is 0 Å². The van der Waals surface area contributed by atoms with Crippen LogP contribution in [0.15, 0.2) is 73.2 Å². The van der Waals surface area contributed by atoms with E-state index in [4.69, 9.17) is 0 Å². The maximum absolute atomic E-state index is 14.3. The van der Waals surface area contributed by atoms with E-state index in [0.717, 1.165) is 17.7 Å². The number of nitrogens with one attached hydrogen (secondary N) is 2. The number of carbonyl (C=O) groups excluding carboxylic acids is 2. The smallest absolute Gasteiger partial charge is 0.255 e. The third kappa shape index (κ3) is 5.09. The summed E-state index contributed by atoms with van der Waals surface area (Å²) >= 11 is 0. The van der Waals surface area contributed by atoms with E-state index in [2.05, 4.69) is 20.7 Å². The third-order valence-electron chi connectivity index (χ3n) is 4.84. The Hall–Kier alpha value is -4.40. The lowest BCUT2D eigenvalue weighted by Crippen LogP contribution is -2.23. The summed E-state index contributed by atoms with van der Waals surface area (Å²) in [6.07, 6.45) is 4.54. The summed E-state index contributed by atoms with van der Waals surface area (Å²) in [7, 11) is 1.61. The number of carbonyl (C=O) groups is 2. The van der Waals surface area contributed by atoms with E-state index >= 15 is 0 Å². The SMILES string of the molecule is Cn1cc(C(=O)NCc2cccc(NC(=O)c3ccncc3)c2)c(-c2ccc(F)cc2F)n1. The molecule has 0 spiro atoms. The lowest BCUT2D eigenvalue weighted by molar-refractivity contribution is 0.0950. The molecule has 9 heteroatoms. The van der Waals surface area contributed by atoms with Crippen LogP contribution in [0.25, 0.3) is 11.3 Å². The summed E-state index contributed by atoms with van der Waals surface area (Å²) in [4.78, 5) is 29.0. The van der Waals surface area contributed by atoms with Gasteiger partial charge in [0.25, 0.3) is 11.8 Å². The second kappa shape index (κ2) is 9.39. The molecule has 2 N–H and O–H groups in total. The lowest BCUT2D eigenvalue weighted by atomic mass is 10.1. The number of halogens is 2. The van der Waals surface area contributed by atoms with Gasteiger partial charge in [-0.05, 0) is 42.0 Å². The molecule has 4 rings (SSSR count). The summed E-state index contributed by atoms with van der Waals surface area (Å²) in [6, 6.07) is 13.4. The van der Waals surface area contributed by atoms with Gasteiger partial charge in [-0.25, -0.2) is 8.78 Å². The van der Waals surface area contributed by atoms with Crippen molar-refractivity contribution in [1.29, 1.82) is 0 Å². The number of benzene rings is 2. The molecule has 0 aliphatic heterocycles. The Labute approximate surface area is 188 Å². The van der Waals surface area contributed by atoms with Crippen molar-refractivity contribution in [3.05, 3.63) is 102 Å². The van der Waals surface area contributed by atoms with Crippen molar-refractivity contribution < 1.29 is 18.4 Å². The molecule has 0 unspecified atom stereocenters. The average molecular weight is 447 g/mol. The highest BCUT2D eigenvalue weighted by molar-refractivity contribution is 6.04. The predicted octanol–water partition coefficient (Wildman–Crippen LogP) is 3.94. The number of aromatic nitrogens is 3. The van der Waals surface area contributed by atoms with Crippen LogP contribution in [0.5, 0.6) is 0 Å². The Kier molecular flexibility index (Phi) is 6.21. The van der Waals surface area contributed by atoms with Crippen LogP contribution in [0, 0.1) is 11.6 Å². The third-order valence-corrected chi connectivity index (χ3v) is 4.84. The van der Waals surface area contributed by atoms with Gasteiger partial charge in [0.1, 0.15) is 17.3 Å². The minimum Gasteiger partial charge on any atom is -0.348 e. The average Bonchev–Trinajstić information content (AvgIpc) is 3.19. The Morgan fingerprint density at radius 2 is 1.79 bits per heavy atom. The minimum absolute atomic E-state index is 0.0305. The number of amides is 2. The van der Waals surface area contributed by atoms with Gasteiger partial charge in [0.05, 0.1) is 5.56 Å². The summed E-state index contributed by atoms with van der Waals surface area (Å²) in [5.41, 5.74) is 2.09. The van der Waals surface area contributed by atoms with Crippen LogP contribution in [0.4, 0.5) is 14.5 Å². The molecular weight excluding hydrogens is 428 g/mol. The summed E-state index contributed by atoms with van der Waals surface area (Å²) in [5.74, 6) is -2.26. The molecule has 0 fully saturated rings. The van der Waals surface area contributed by atoms with Crippen LogP contribution in [-0.2, 0) is 13.6 Å². The van der Waals surface area contributed by atoms with Gasteiger partial charge in [0, 0.05) is 55.1 Å². The van der Waals surface area contributed by atoms with E-state index in [9.17, 15) is 18.4 Å². The first-order valence-corrected chi connectivity index (χ1v) is 9.98. The zero-order valence-corrected chi connectivity index (χ0v) is 17.5. The highest BCUT2D eigenvalue weighted by atomic mass is 19.1. The minimum atomic E-state index is -0.805. The van der Waals surface area contributed by atoms with Gasteiger partial charge in [-0.2, -0.15) is 5.10 Å². The van der Waals surface area contributed by atoms with Gasteiger partial charge >= 0.3 is 0 Å². The molecule has 0 bridgehead atoms. The molecule has 7 nitrogen and oxygen atoms in total. The number of nitrogens with zero attached hydrogens (tertiary/aromatic N) is 3. The molecule has 2 heterocycles. The molecule has 4 aromatic rings. The Morgan fingerprint density at radius 3 is 2.55 bits per heavy atom. The summed E-state index contributed by atoms with van der Waals surface area (Å²) in [5, 5.41) is 9.73. The van der Waals surface area contributed by atoms with Crippen molar-refractivity contribution in [3.63, 3.8) is 0 Å². The van der Waals surface area contributed by atoms with E-state index in [0.29, 0.717) is 11.3 Å². The zero-order chi connectivity index (χ0) is 23.4. The fraction of sp³-hybridized carbons (Fsp3) is 0.0833. The van der Waals surface area contributed by atoms with Gasteiger partial charge in [-0.1, -0.05) is 12.1 Å². The van der Waals surface area contributed by atoms with Crippen molar-refractivity contribution >= 4 is 17.5 Å². The molecule has 0 saturated heterocycles. The number of hydrogen-bond donors (Lipinski definition) is 2. The van der Waals surface area contributed by atoms with E-state index in [1.54, 1.807) is 43.4 Å². The molecule has 2 aromatic heterocycles. The van der Waals surface area contributed by atoms with E-state index in [1.807, 2.05) is 0 Å². The van der Waals surface area contributed by atoms with Crippen LogP contribution in [-0.4, -0.2) is 26.6 Å². The monoisotopic (exact) mass is 447 g/mol. The van der Waals surface area contributed by atoms with Crippen molar-refractivity contribution in [3.8, 4) is 11.3 Å². The second-order valence-electron chi connectivity index (χ2n) is 7.26. The van der Waals surface area contributed by atoms with Crippen LogP contribution in [0.1, 0.15) is 26.3 Å². The molecule has 0 aliphatic carbocycles. The number of pyridine rings is 1. The van der Waals surface area contributed by atoms with Crippen LogP contribution < -0.4 is 10.6 Å². The topological polar surface area (TPSA) is 88.9 Å². The van der Waals surface area contributed by atoms with Crippen molar-refractivity contribution in [2.75, 3.05) is 5.32 Å². The van der Waals surface area contributed by atoms with E-state index < -0.39 is 17.5 Å². The Balaban J connectivity index is 1.47. The van der Waals surface area contributed by atoms with Crippen molar-refractivity contribution in [1.82, 2.24) is 20.1 Å². The fourth-order valence-corrected chi connectivity index (χ4v) is 3.28. The number of anilines is 1. The van der Waals surface area contributed by atoms with Crippen molar-refractivity contribution in [2.24, 2.45) is 7.05 Å². The first-order valence-electron chi connectivity index (χ1n) is 9.98. The maximum Gasteiger partial charge on any atom is 0.255 e. The van der Waals surface area contributed by atoms with Gasteiger partial charge in [0.15, 0.2) is 0 Å². The first kappa shape index (κ1) is 21.8. The predicted molar refractivity (Wildman–Crippen MR) is 118 cm³/mol. The quantitative estimate of drug-likeness (QED) is 0.469. The largest absolute Gasteiger partial charge is 0.348 e. The number of hydrogen-bond acceptors (Lipinski definition) is 4. The fourth-order valence-electron chi connectivity index (χ4n) is 3.28. The van der Waals surface area contributed by atoms with Gasteiger partial charge in [-0.15, -0.1) is 0 Å². The highest BCUT2D eigenvalue weighted by Gasteiger charge is 2.20. The molecule has 0 aliphatic rings. The lowest BCUT2D eigenvalue weighted by Gasteiger charge is -2.09. The van der Waals surface area contributed by atoms with Crippen LogP contribution in [0.3, 0.4) is 0 Å². The van der Waals surface area contributed by atoms with Gasteiger partial charge < -0.3 is 10.6 Å². The zero-order valence-electron chi connectivity index (χ0n) is 17.5. The molecular formula is C24H19F2N5O2. The number of rotatable bonds is 6. The summed E-state index contributed by atoms with van der Waals surface area (Å²) < 4.78 is 28.9. The Bertz CT molecular complexity index is 1320. The first-order chi connectivity index (χ1) is 15.9. The van der Waals surface area contributed by atoms with Gasteiger partial charge in [-0.3, -0.25) is 19.3 Å². The molecule has 166 valence electrons. The summed E-state index contributed by atoms with van der Waals surface area (Å²) in [6.45, 7) is 0.165.